The lowest BCUT2D eigenvalue weighted by molar-refractivity contribution is 0.100. The summed E-state index contributed by atoms with van der Waals surface area (Å²) in [6.45, 7) is 3.73. The highest BCUT2D eigenvalue weighted by Gasteiger charge is 2.35. The zero-order chi connectivity index (χ0) is 24.3. The Balaban J connectivity index is 2.27. The topological polar surface area (TPSA) is 82.1 Å². The molecule has 0 unspecified atom stereocenters. The number of ether oxygens (including phenoxy) is 3. The van der Waals surface area contributed by atoms with Crippen molar-refractivity contribution in [1.82, 2.24) is 0 Å². The standard InChI is InChI=1S/C24H24BrNO6S/c1-15-6-10-17(11-7-15)26(33(28,29)18-12-8-16(2)9-13-18)24(27)19-14-20(30-3)22(31-4)23(32-5)21(19)25/h6-14H,1-5H3. The smallest absolute Gasteiger partial charge is 0.273 e. The molecule has 0 fully saturated rings. The zero-order valence-electron chi connectivity index (χ0n) is 18.9. The van der Waals surface area contributed by atoms with Crippen molar-refractivity contribution in [2.75, 3.05) is 25.6 Å². The molecule has 0 heterocycles. The lowest BCUT2D eigenvalue weighted by Gasteiger charge is -2.24. The molecule has 1 amide bonds. The van der Waals surface area contributed by atoms with Gasteiger partial charge in [0.25, 0.3) is 15.9 Å². The number of benzene rings is 3. The molecule has 0 aliphatic carbocycles. The van der Waals surface area contributed by atoms with Crippen molar-refractivity contribution in [1.29, 1.82) is 0 Å². The highest BCUT2D eigenvalue weighted by Crippen LogP contribution is 2.45. The van der Waals surface area contributed by atoms with Gasteiger partial charge in [-0.05, 0) is 60.1 Å². The van der Waals surface area contributed by atoms with Gasteiger partial charge in [-0.1, -0.05) is 35.4 Å². The molecule has 0 N–H and O–H groups in total. The molecule has 3 aromatic rings. The van der Waals surface area contributed by atoms with Crippen LogP contribution in [0.5, 0.6) is 17.2 Å². The van der Waals surface area contributed by atoms with Crippen molar-refractivity contribution in [2.45, 2.75) is 18.7 Å². The second-order valence-corrected chi connectivity index (χ2v) is 9.81. The van der Waals surface area contributed by atoms with Crippen LogP contribution in [-0.2, 0) is 10.0 Å². The molecule has 0 aliphatic heterocycles. The van der Waals surface area contributed by atoms with E-state index in [1.165, 1.54) is 39.5 Å². The Morgan fingerprint density at radius 2 is 1.33 bits per heavy atom. The van der Waals surface area contributed by atoms with E-state index in [-0.39, 0.29) is 37.9 Å². The summed E-state index contributed by atoms with van der Waals surface area (Å²) in [5.41, 5.74) is 2.05. The fourth-order valence-corrected chi connectivity index (χ4v) is 5.28. The fourth-order valence-electron chi connectivity index (χ4n) is 3.25. The normalized spacial score (nSPS) is 11.1. The number of carbonyl (C=O) groups is 1. The van der Waals surface area contributed by atoms with Gasteiger partial charge in [0.15, 0.2) is 11.5 Å². The Labute approximate surface area is 202 Å². The molecule has 33 heavy (non-hydrogen) atoms. The predicted octanol–water partition coefficient (Wildman–Crippen LogP) is 5.13. The van der Waals surface area contributed by atoms with Crippen LogP contribution in [0.3, 0.4) is 0 Å². The van der Waals surface area contributed by atoms with Gasteiger partial charge in [-0.3, -0.25) is 4.79 Å². The molecule has 3 rings (SSSR count). The number of halogens is 1. The Hall–Kier alpha value is -3.04. The van der Waals surface area contributed by atoms with Crippen LogP contribution in [0, 0.1) is 13.8 Å². The van der Waals surface area contributed by atoms with Gasteiger partial charge in [-0.15, -0.1) is 0 Å². The summed E-state index contributed by atoms with van der Waals surface area (Å²) in [4.78, 5) is 13.8. The molecule has 3 aromatic carbocycles. The predicted molar refractivity (Wildman–Crippen MR) is 130 cm³/mol. The molecule has 174 valence electrons. The van der Waals surface area contributed by atoms with Gasteiger partial charge in [-0.2, -0.15) is 4.31 Å². The van der Waals surface area contributed by atoms with Gasteiger partial charge in [0.05, 0.1) is 41.9 Å². The molecule has 0 spiro atoms. The van der Waals surface area contributed by atoms with Crippen LogP contribution in [-0.4, -0.2) is 35.7 Å². The number of hydrogen-bond donors (Lipinski definition) is 0. The van der Waals surface area contributed by atoms with E-state index >= 15 is 0 Å². The average Bonchev–Trinajstić information content (AvgIpc) is 2.80. The number of aryl methyl sites for hydroxylation is 2. The highest BCUT2D eigenvalue weighted by atomic mass is 79.9. The van der Waals surface area contributed by atoms with Gasteiger partial charge in [0.1, 0.15) is 0 Å². The van der Waals surface area contributed by atoms with E-state index in [1.54, 1.807) is 36.4 Å². The van der Waals surface area contributed by atoms with E-state index < -0.39 is 15.9 Å². The molecule has 0 atom stereocenters. The SMILES string of the molecule is COc1cc(C(=O)N(c2ccc(C)cc2)S(=O)(=O)c2ccc(C)cc2)c(Br)c(OC)c1OC. The minimum atomic E-state index is -4.25. The molecule has 0 radical (unpaired) electrons. The first-order valence-electron chi connectivity index (χ1n) is 9.87. The summed E-state index contributed by atoms with van der Waals surface area (Å²) in [5, 5.41) is 0. The molecule has 9 heteroatoms. The number of carbonyl (C=O) groups excluding carboxylic acids is 1. The summed E-state index contributed by atoms with van der Waals surface area (Å²) in [6.07, 6.45) is 0. The molecular weight excluding hydrogens is 510 g/mol. The van der Waals surface area contributed by atoms with Crippen LogP contribution in [0.25, 0.3) is 0 Å². The summed E-state index contributed by atoms with van der Waals surface area (Å²) in [5.74, 6) is -0.0912. The van der Waals surface area contributed by atoms with E-state index in [1.807, 2.05) is 13.8 Å². The second kappa shape index (κ2) is 9.84. The van der Waals surface area contributed by atoms with E-state index in [9.17, 15) is 13.2 Å². The first-order valence-corrected chi connectivity index (χ1v) is 12.1. The molecule has 0 aromatic heterocycles. The van der Waals surface area contributed by atoms with Crippen molar-refractivity contribution in [3.63, 3.8) is 0 Å². The van der Waals surface area contributed by atoms with E-state index in [2.05, 4.69) is 15.9 Å². The van der Waals surface area contributed by atoms with Gasteiger partial charge in [0.2, 0.25) is 5.75 Å². The summed E-state index contributed by atoms with van der Waals surface area (Å²) >= 11 is 3.38. The van der Waals surface area contributed by atoms with Crippen LogP contribution in [0.2, 0.25) is 0 Å². The quantitative estimate of drug-likeness (QED) is 0.418. The van der Waals surface area contributed by atoms with Crippen LogP contribution >= 0.6 is 15.9 Å². The van der Waals surface area contributed by atoms with Gasteiger partial charge >= 0.3 is 0 Å². The molecule has 0 bridgehead atoms. The van der Waals surface area contributed by atoms with Crippen molar-refractivity contribution in [3.05, 3.63) is 75.8 Å². The average molecular weight is 534 g/mol. The summed E-state index contributed by atoms with van der Waals surface area (Å²) in [7, 11) is 0.0173. The van der Waals surface area contributed by atoms with Crippen molar-refractivity contribution in [3.8, 4) is 17.2 Å². The number of nitrogens with zero attached hydrogens (tertiary/aromatic N) is 1. The van der Waals surface area contributed by atoms with Crippen molar-refractivity contribution < 1.29 is 27.4 Å². The lowest BCUT2D eigenvalue weighted by atomic mass is 10.1. The van der Waals surface area contributed by atoms with Gasteiger partial charge < -0.3 is 14.2 Å². The van der Waals surface area contributed by atoms with E-state index in [0.717, 1.165) is 15.4 Å². The Morgan fingerprint density at radius 3 is 1.82 bits per heavy atom. The minimum absolute atomic E-state index is 0.00871. The number of anilines is 1. The summed E-state index contributed by atoms with van der Waals surface area (Å²) in [6, 6.07) is 14.4. The minimum Gasteiger partial charge on any atom is -0.493 e. The largest absolute Gasteiger partial charge is 0.493 e. The Morgan fingerprint density at radius 1 is 0.818 bits per heavy atom. The van der Waals surface area contributed by atoms with Crippen molar-refractivity contribution in [2.24, 2.45) is 0 Å². The number of rotatable bonds is 7. The maximum Gasteiger partial charge on any atom is 0.273 e. The molecular formula is C24H24BrNO6S. The van der Waals surface area contributed by atoms with Crippen molar-refractivity contribution >= 4 is 37.5 Å². The van der Waals surface area contributed by atoms with Gasteiger partial charge in [-0.25, -0.2) is 8.42 Å². The third-order valence-corrected chi connectivity index (χ3v) is 7.52. The molecule has 0 saturated heterocycles. The monoisotopic (exact) mass is 533 g/mol. The number of hydrogen-bond acceptors (Lipinski definition) is 6. The molecule has 0 saturated carbocycles. The Kier molecular flexibility index (Phi) is 7.34. The van der Waals surface area contributed by atoms with Crippen LogP contribution in [0.1, 0.15) is 21.5 Å². The van der Waals surface area contributed by atoms with Gasteiger partial charge in [0, 0.05) is 0 Å². The van der Waals surface area contributed by atoms with E-state index in [0.29, 0.717) is 0 Å². The van der Waals surface area contributed by atoms with Crippen LogP contribution in [0.4, 0.5) is 5.69 Å². The highest BCUT2D eigenvalue weighted by molar-refractivity contribution is 9.10. The number of sulfonamides is 1. The second-order valence-electron chi connectivity index (χ2n) is 7.23. The van der Waals surface area contributed by atoms with Crippen LogP contribution in [0.15, 0.2) is 64.0 Å². The Bertz CT molecular complexity index is 1270. The maximum atomic E-state index is 13.8. The zero-order valence-corrected chi connectivity index (χ0v) is 21.3. The summed E-state index contributed by atoms with van der Waals surface area (Å²) < 4.78 is 44.5. The third kappa shape index (κ3) is 4.69. The number of amides is 1. The third-order valence-electron chi connectivity index (χ3n) is 5.01. The maximum absolute atomic E-state index is 13.8. The molecule has 7 nitrogen and oxygen atoms in total. The first-order chi connectivity index (χ1) is 15.6. The first kappa shape index (κ1) is 24.6. The van der Waals surface area contributed by atoms with E-state index in [4.69, 9.17) is 14.2 Å². The number of methoxy groups -OCH3 is 3. The fraction of sp³-hybridized carbons (Fsp3) is 0.208. The van der Waals surface area contributed by atoms with Crippen LogP contribution < -0.4 is 18.5 Å². The lowest BCUT2D eigenvalue weighted by Crippen LogP contribution is -2.37. The molecule has 0 aliphatic rings.